The van der Waals surface area contributed by atoms with Crippen LogP contribution in [0.3, 0.4) is 0 Å². The second-order valence-corrected chi connectivity index (χ2v) is 6.38. The van der Waals surface area contributed by atoms with E-state index in [1.54, 1.807) is 6.07 Å². The smallest absolute Gasteiger partial charge is 0.281 e. The van der Waals surface area contributed by atoms with Gasteiger partial charge in [-0.1, -0.05) is 54.6 Å². The van der Waals surface area contributed by atoms with E-state index in [1.165, 1.54) is 0 Å². The molecule has 5 heteroatoms. The lowest BCUT2D eigenvalue weighted by atomic mass is 10.2. The van der Waals surface area contributed by atoms with Crippen molar-refractivity contribution in [3.63, 3.8) is 0 Å². The molecule has 0 aliphatic heterocycles. The van der Waals surface area contributed by atoms with Crippen LogP contribution in [-0.4, -0.2) is 14.4 Å². The molecule has 2 heterocycles. The summed E-state index contributed by atoms with van der Waals surface area (Å²) < 4.78 is 1.93. The van der Waals surface area contributed by atoms with Crippen LogP contribution in [0.1, 0.15) is 5.56 Å². The van der Waals surface area contributed by atoms with Crippen molar-refractivity contribution in [1.29, 1.82) is 0 Å². The molecule has 0 aliphatic rings. The zero-order chi connectivity index (χ0) is 18.2. The van der Waals surface area contributed by atoms with E-state index in [9.17, 15) is 4.79 Å². The Balaban J connectivity index is 1.82. The second-order valence-electron chi connectivity index (χ2n) is 6.38. The average molecular weight is 352 g/mol. The first-order chi connectivity index (χ1) is 13.3. The molecule has 0 bridgehead atoms. The number of benzene rings is 3. The Kier molecular flexibility index (Phi) is 3.57. The molecule has 130 valence electrons. The third kappa shape index (κ3) is 2.60. The maximum absolute atomic E-state index is 12.6. The number of nitrogens with one attached hydrogen (secondary N) is 1. The van der Waals surface area contributed by atoms with Crippen LogP contribution >= 0.6 is 0 Å². The third-order valence-corrected chi connectivity index (χ3v) is 4.67. The molecule has 0 fully saturated rings. The van der Waals surface area contributed by atoms with Gasteiger partial charge in [0.15, 0.2) is 5.65 Å². The number of aromatic nitrogens is 3. The predicted molar refractivity (Wildman–Crippen MR) is 108 cm³/mol. The molecule has 3 aromatic carbocycles. The molecule has 0 unspecified atom stereocenters. The molecule has 1 N–H and O–H groups in total. The summed E-state index contributed by atoms with van der Waals surface area (Å²) >= 11 is 0. The van der Waals surface area contributed by atoms with Crippen LogP contribution in [-0.2, 0) is 6.54 Å². The third-order valence-electron chi connectivity index (χ3n) is 4.67. The number of anilines is 1. The van der Waals surface area contributed by atoms with Crippen LogP contribution in [0.5, 0.6) is 0 Å². The molecule has 0 amide bonds. The van der Waals surface area contributed by atoms with Gasteiger partial charge in [0.2, 0.25) is 5.95 Å². The van der Waals surface area contributed by atoms with Crippen LogP contribution in [0.15, 0.2) is 83.7 Å². The number of hydrogen-bond donors (Lipinski definition) is 1. The zero-order valence-corrected chi connectivity index (χ0v) is 14.5. The van der Waals surface area contributed by atoms with Gasteiger partial charge in [-0.05, 0) is 29.8 Å². The van der Waals surface area contributed by atoms with Crippen LogP contribution in [0.4, 0.5) is 5.95 Å². The molecule has 0 spiro atoms. The Hall–Kier alpha value is -3.73. The fourth-order valence-electron chi connectivity index (χ4n) is 3.38. The van der Waals surface area contributed by atoms with E-state index in [1.807, 2.05) is 65.1 Å². The van der Waals surface area contributed by atoms with Crippen molar-refractivity contribution >= 4 is 33.4 Å². The highest BCUT2D eigenvalue weighted by Crippen LogP contribution is 2.24. The number of fused-ring (bicyclic) bond motifs is 5. The Morgan fingerprint density at radius 3 is 2.33 bits per heavy atom. The molecule has 2 aromatic heterocycles. The van der Waals surface area contributed by atoms with Gasteiger partial charge >= 0.3 is 0 Å². The summed E-state index contributed by atoms with van der Waals surface area (Å²) in [7, 11) is 0. The van der Waals surface area contributed by atoms with Gasteiger partial charge in [0.05, 0.1) is 16.4 Å². The van der Waals surface area contributed by atoms with Crippen LogP contribution in [0.2, 0.25) is 0 Å². The highest BCUT2D eigenvalue weighted by atomic mass is 16.1. The van der Waals surface area contributed by atoms with Crippen molar-refractivity contribution in [2.45, 2.75) is 6.54 Å². The van der Waals surface area contributed by atoms with E-state index in [0.717, 1.165) is 22.0 Å². The van der Waals surface area contributed by atoms with Crippen molar-refractivity contribution in [1.82, 2.24) is 14.4 Å². The lowest BCUT2D eigenvalue weighted by Gasteiger charge is -2.14. The monoisotopic (exact) mass is 352 g/mol. The molecule has 0 radical (unpaired) electrons. The summed E-state index contributed by atoms with van der Waals surface area (Å²) in [5.74, 6) is 0.663. The number of nitrogens with zero attached hydrogens (tertiary/aromatic N) is 3. The van der Waals surface area contributed by atoms with Crippen LogP contribution in [0.25, 0.3) is 27.5 Å². The molecular weight excluding hydrogens is 336 g/mol. The summed E-state index contributed by atoms with van der Waals surface area (Å²) in [6, 6.07) is 25.4. The highest BCUT2D eigenvalue weighted by Gasteiger charge is 2.13. The normalized spacial score (nSPS) is 11.3. The van der Waals surface area contributed by atoms with Crippen molar-refractivity contribution in [3.05, 3.63) is 94.8 Å². The lowest BCUT2D eigenvalue weighted by molar-refractivity contribution is 1.03. The number of rotatable bonds is 3. The van der Waals surface area contributed by atoms with Gasteiger partial charge in [0, 0.05) is 11.9 Å². The minimum absolute atomic E-state index is 0.226. The van der Waals surface area contributed by atoms with E-state index >= 15 is 0 Å². The maximum atomic E-state index is 12.6. The summed E-state index contributed by atoms with van der Waals surface area (Å²) in [6.07, 6.45) is 0. The molecule has 0 atom stereocenters. The van der Waals surface area contributed by atoms with Crippen molar-refractivity contribution in [3.8, 4) is 0 Å². The fraction of sp³-hybridized carbons (Fsp3) is 0.0455. The Morgan fingerprint density at radius 2 is 1.48 bits per heavy atom. The molecule has 5 aromatic rings. The predicted octanol–water partition coefficient (Wildman–Crippen LogP) is 4.01. The van der Waals surface area contributed by atoms with E-state index < -0.39 is 0 Å². The zero-order valence-electron chi connectivity index (χ0n) is 14.5. The molecule has 5 nitrogen and oxygen atoms in total. The van der Waals surface area contributed by atoms with Crippen molar-refractivity contribution in [2.24, 2.45) is 0 Å². The lowest BCUT2D eigenvalue weighted by Crippen LogP contribution is -2.15. The minimum atomic E-state index is -0.226. The molecule has 0 saturated carbocycles. The second kappa shape index (κ2) is 6.21. The van der Waals surface area contributed by atoms with Crippen LogP contribution < -0.4 is 10.9 Å². The first kappa shape index (κ1) is 15.5. The van der Waals surface area contributed by atoms with Crippen LogP contribution in [0, 0.1) is 0 Å². The van der Waals surface area contributed by atoms with E-state index in [-0.39, 0.29) is 5.56 Å². The van der Waals surface area contributed by atoms with E-state index in [2.05, 4.69) is 22.4 Å². The molecular formula is C22H16N4O. The SMILES string of the molecule is O=c1nc2c3ccccc3nc(NCc3ccccc3)n2c2ccccc12. The number of para-hydroxylation sites is 2. The van der Waals surface area contributed by atoms with Gasteiger partial charge in [-0.25, -0.2) is 4.98 Å². The van der Waals surface area contributed by atoms with E-state index in [0.29, 0.717) is 23.5 Å². The summed E-state index contributed by atoms with van der Waals surface area (Å²) in [4.78, 5) is 21.7. The van der Waals surface area contributed by atoms with Gasteiger partial charge in [-0.2, -0.15) is 4.98 Å². The quantitative estimate of drug-likeness (QED) is 0.499. The van der Waals surface area contributed by atoms with E-state index in [4.69, 9.17) is 4.98 Å². The topological polar surface area (TPSA) is 59.3 Å². The molecule has 27 heavy (non-hydrogen) atoms. The van der Waals surface area contributed by atoms with Crippen molar-refractivity contribution in [2.75, 3.05) is 5.32 Å². The minimum Gasteiger partial charge on any atom is -0.351 e. The summed E-state index contributed by atoms with van der Waals surface area (Å²) in [6.45, 7) is 0.627. The number of hydrogen-bond acceptors (Lipinski definition) is 4. The molecule has 0 saturated heterocycles. The van der Waals surface area contributed by atoms with Crippen molar-refractivity contribution < 1.29 is 0 Å². The largest absolute Gasteiger partial charge is 0.351 e. The molecule has 0 aliphatic carbocycles. The summed E-state index contributed by atoms with van der Waals surface area (Å²) in [5, 5.41) is 4.85. The van der Waals surface area contributed by atoms with Gasteiger partial charge < -0.3 is 5.32 Å². The van der Waals surface area contributed by atoms with Gasteiger partial charge in [0.1, 0.15) is 0 Å². The molecule has 5 rings (SSSR count). The Bertz CT molecular complexity index is 1340. The first-order valence-corrected chi connectivity index (χ1v) is 8.79. The standard InChI is InChI=1S/C22H16N4O/c27-21-17-11-5-7-13-19(17)26-20(25-21)16-10-4-6-12-18(16)24-22(26)23-14-15-8-2-1-3-9-15/h1-13H,14H2,(H,23,24). The fourth-order valence-corrected chi connectivity index (χ4v) is 3.38. The average Bonchev–Trinajstić information content (AvgIpc) is 2.73. The van der Waals surface area contributed by atoms with Gasteiger partial charge in [0.25, 0.3) is 5.56 Å². The van der Waals surface area contributed by atoms with Gasteiger partial charge in [-0.15, -0.1) is 0 Å². The first-order valence-electron chi connectivity index (χ1n) is 8.79. The Morgan fingerprint density at radius 1 is 0.778 bits per heavy atom. The van der Waals surface area contributed by atoms with Gasteiger partial charge in [-0.3, -0.25) is 9.20 Å². The Labute approximate surface area is 154 Å². The maximum Gasteiger partial charge on any atom is 0.281 e. The summed E-state index contributed by atoms with van der Waals surface area (Å²) in [5.41, 5.74) is 3.13. The highest BCUT2D eigenvalue weighted by molar-refractivity contribution is 5.95.